The number of benzene rings is 1. The Kier molecular flexibility index (Phi) is 5.59. The van der Waals surface area contributed by atoms with Crippen LogP contribution in [0.15, 0.2) is 48.8 Å². The molecule has 154 valence electrons. The third kappa shape index (κ3) is 4.68. The second-order valence-corrected chi connectivity index (χ2v) is 15.2. The van der Waals surface area contributed by atoms with E-state index >= 15 is 0 Å². The van der Waals surface area contributed by atoms with Crippen molar-refractivity contribution >= 4 is 34.6 Å². The van der Waals surface area contributed by atoms with E-state index in [0.29, 0.717) is 6.26 Å². The van der Waals surface area contributed by atoms with Crippen LogP contribution in [0.5, 0.6) is 0 Å². The van der Waals surface area contributed by atoms with Gasteiger partial charge in [0.2, 0.25) is 5.52 Å². The summed E-state index contributed by atoms with van der Waals surface area (Å²) in [5.74, 6) is 0. The summed E-state index contributed by atoms with van der Waals surface area (Å²) in [5.41, 5.74) is 8.54. The van der Waals surface area contributed by atoms with Gasteiger partial charge in [0.1, 0.15) is 0 Å². The first-order valence-electron chi connectivity index (χ1n) is 9.54. The van der Waals surface area contributed by atoms with E-state index < -0.39 is 18.2 Å². The molecule has 0 N–H and O–H groups in total. The topological polar surface area (TPSA) is 64.5 Å². The molecule has 4 rings (SSSR count). The van der Waals surface area contributed by atoms with Crippen LogP contribution in [-0.2, 0) is 16.5 Å². The van der Waals surface area contributed by atoms with E-state index in [1.807, 2.05) is 0 Å². The molecule has 2 heterocycles. The number of aromatic nitrogens is 1. The molecule has 1 aliphatic rings. The van der Waals surface area contributed by atoms with Crippen LogP contribution in [0, 0.1) is 0 Å². The molecule has 29 heavy (non-hydrogen) atoms. The van der Waals surface area contributed by atoms with Gasteiger partial charge in [-0.05, 0) is 16.7 Å². The van der Waals surface area contributed by atoms with Gasteiger partial charge in [-0.15, -0.1) is 0 Å². The van der Waals surface area contributed by atoms with Crippen LogP contribution in [0.2, 0.25) is 19.6 Å². The molecule has 1 aliphatic carbocycles. The number of pyridine rings is 2. The van der Waals surface area contributed by atoms with Crippen LogP contribution >= 0.6 is 0 Å². The van der Waals surface area contributed by atoms with Gasteiger partial charge in [-0.1, -0.05) is 43.9 Å². The van der Waals surface area contributed by atoms with Crippen LogP contribution in [0.4, 0.5) is 5.69 Å². The Balaban J connectivity index is 0.000000431. The molecular formula is C22H28N2O3SSi. The zero-order valence-corrected chi connectivity index (χ0v) is 19.7. The number of fused-ring (bicyclic) bond motifs is 4. The summed E-state index contributed by atoms with van der Waals surface area (Å²) in [4.78, 5) is 2.19. The van der Waals surface area contributed by atoms with Gasteiger partial charge >= 0.3 is 0 Å². The molecule has 0 fully saturated rings. The van der Waals surface area contributed by atoms with Crippen molar-refractivity contribution in [3.05, 3.63) is 59.9 Å². The highest BCUT2D eigenvalue weighted by molar-refractivity contribution is 7.84. The molecular weight excluding hydrogens is 400 g/mol. The molecule has 0 radical (unpaired) electrons. The van der Waals surface area contributed by atoms with Crippen molar-refractivity contribution in [1.29, 1.82) is 0 Å². The molecule has 1 aromatic carbocycles. The van der Waals surface area contributed by atoms with E-state index in [1.54, 1.807) is 5.19 Å². The highest BCUT2D eigenvalue weighted by Gasteiger charge is 2.33. The maximum absolute atomic E-state index is 9.08. The number of hydrogen-bond acceptors (Lipinski definition) is 4. The first-order chi connectivity index (χ1) is 13.4. The average molecular weight is 429 g/mol. The Morgan fingerprint density at radius 1 is 1.07 bits per heavy atom. The van der Waals surface area contributed by atoms with Crippen molar-refractivity contribution in [3.8, 4) is 11.1 Å². The number of hydrogen-bond donors (Lipinski definition) is 0. The minimum atomic E-state index is -3.92. The number of anilines is 1. The zero-order chi connectivity index (χ0) is 21.6. The molecule has 0 saturated heterocycles. The predicted molar refractivity (Wildman–Crippen MR) is 121 cm³/mol. The zero-order valence-electron chi connectivity index (χ0n) is 17.9. The monoisotopic (exact) mass is 428 g/mol. The second-order valence-electron chi connectivity index (χ2n) is 8.76. The molecule has 0 atom stereocenters. The Morgan fingerprint density at radius 3 is 2.28 bits per heavy atom. The van der Waals surface area contributed by atoms with Gasteiger partial charge in [0.15, 0.2) is 12.4 Å². The molecule has 3 aromatic rings. The number of rotatable bonds is 2. The SMILES string of the molecule is CN(C)c1cc[n+]2cc3c(c([Si](C)(C)C)c2c1)-c1ccccc1C3.CS(=O)(=O)[O-]. The van der Waals surface area contributed by atoms with Crippen molar-refractivity contribution < 1.29 is 17.4 Å². The lowest BCUT2D eigenvalue weighted by atomic mass is 10.1. The van der Waals surface area contributed by atoms with E-state index in [9.17, 15) is 0 Å². The Labute approximate surface area is 174 Å². The van der Waals surface area contributed by atoms with E-state index in [1.165, 1.54) is 33.5 Å². The third-order valence-electron chi connectivity index (χ3n) is 5.02. The summed E-state index contributed by atoms with van der Waals surface area (Å²) in [6, 6.07) is 13.5. The van der Waals surface area contributed by atoms with E-state index in [2.05, 4.69) is 91.8 Å². The van der Waals surface area contributed by atoms with Crippen LogP contribution < -0.4 is 14.5 Å². The van der Waals surface area contributed by atoms with Crippen molar-refractivity contribution in [1.82, 2.24) is 0 Å². The smallest absolute Gasteiger partial charge is 0.212 e. The molecule has 7 heteroatoms. The average Bonchev–Trinajstić information content (AvgIpc) is 2.94. The Bertz CT molecular complexity index is 1170. The van der Waals surface area contributed by atoms with Crippen molar-refractivity contribution in [2.45, 2.75) is 26.1 Å². The van der Waals surface area contributed by atoms with E-state index in [-0.39, 0.29) is 0 Å². The lowest BCUT2D eigenvalue weighted by molar-refractivity contribution is -0.511. The fourth-order valence-electron chi connectivity index (χ4n) is 3.94. The first kappa shape index (κ1) is 21.5. The lowest BCUT2D eigenvalue weighted by Crippen LogP contribution is -2.45. The molecule has 0 amide bonds. The molecule has 0 unspecified atom stereocenters. The summed E-state index contributed by atoms with van der Waals surface area (Å²) in [5, 5.41) is 1.59. The summed E-state index contributed by atoms with van der Waals surface area (Å²) in [6.07, 6.45) is 6.22. The molecule has 0 aliphatic heterocycles. The quantitative estimate of drug-likeness (QED) is 0.280. The fourth-order valence-corrected chi connectivity index (χ4v) is 5.95. The van der Waals surface area contributed by atoms with Crippen molar-refractivity contribution in [3.63, 3.8) is 0 Å². The van der Waals surface area contributed by atoms with Gasteiger partial charge in [0.25, 0.3) is 0 Å². The van der Waals surface area contributed by atoms with Crippen LogP contribution in [-0.4, -0.2) is 41.4 Å². The molecule has 0 spiro atoms. The summed E-state index contributed by atoms with van der Waals surface area (Å²) in [6.45, 7) is 7.39. The van der Waals surface area contributed by atoms with Gasteiger partial charge in [-0.3, -0.25) is 0 Å². The minimum Gasteiger partial charge on any atom is -0.748 e. The van der Waals surface area contributed by atoms with Gasteiger partial charge in [-0.2, -0.15) is 4.40 Å². The van der Waals surface area contributed by atoms with E-state index in [4.69, 9.17) is 13.0 Å². The highest BCUT2D eigenvalue weighted by Crippen LogP contribution is 2.36. The normalized spacial score (nSPS) is 12.8. The largest absolute Gasteiger partial charge is 0.748 e. The van der Waals surface area contributed by atoms with Crippen molar-refractivity contribution in [2.24, 2.45) is 0 Å². The fraction of sp³-hybridized carbons (Fsp3) is 0.318. The second kappa shape index (κ2) is 7.55. The van der Waals surface area contributed by atoms with Gasteiger partial charge < -0.3 is 9.45 Å². The van der Waals surface area contributed by atoms with Crippen LogP contribution in [0.25, 0.3) is 16.6 Å². The summed E-state index contributed by atoms with van der Waals surface area (Å²) >= 11 is 0. The van der Waals surface area contributed by atoms with E-state index in [0.717, 1.165) is 6.42 Å². The molecule has 5 nitrogen and oxygen atoms in total. The first-order valence-corrected chi connectivity index (χ1v) is 14.9. The van der Waals surface area contributed by atoms with Crippen molar-refractivity contribution in [2.75, 3.05) is 25.3 Å². The minimum absolute atomic E-state index is 0.604. The van der Waals surface area contributed by atoms with Crippen LogP contribution in [0.1, 0.15) is 11.1 Å². The summed E-state index contributed by atoms with van der Waals surface area (Å²) in [7, 11) is -1.21. The maximum Gasteiger partial charge on any atom is 0.212 e. The lowest BCUT2D eigenvalue weighted by Gasteiger charge is -2.21. The molecule has 2 aromatic heterocycles. The maximum atomic E-state index is 9.08. The molecule has 0 bridgehead atoms. The number of nitrogens with zero attached hydrogens (tertiary/aromatic N) is 2. The van der Waals surface area contributed by atoms with Gasteiger partial charge in [-0.25, -0.2) is 8.42 Å². The molecule has 0 saturated carbocycles. The van der Waals surface area contributed by atoms with Crippen LogP contribution in [0.3, 0.4) is 0 Å². The highest BCUT2D eigenvalue weighted by atomic mass is 32.2. The van der Waals surface area contributed by atoms with Gasteiger partial charge in [0.05, 0.1) is 18.2 Å². The third-order valence-corrected chi connectivity index (χ3v) is 7.03. The Hall–Kier alpha value is -2.22. The Morgan fingerprint density at radius 2 is 1.69 bits per heavy atom. The predicted octanol–water partition coefficient (Wildman–Crippen LogP) is 2.77. The van der Waals surface area contributed by atoms with Gasteiger partial charge in [0, 0.05) is 55.3 Å². The summed E-state index contributed by atoms with van der Waals surface area (Å²) < 4.78 is 29.6. The standard InChI is InChI=1S/C21H25N2Si.CH4O3S/c1-22(2)17-10-11-23-14-16-12-15-8-6-7-9-18(15)20(16)21(19(23)13-17)24(3,4)5;1-5(2,3)4/h6-11,13-14H,12H2,1-5H3;1H3,(H,2,3,4)/q+1;/p-1.